The Labute approximate surface area is 99.9 Å². The van der Waals surface area contributed by atoms with Gasteiger partial charge in [-0.25, -0.2) is 0 Å². The quantitative estimate of drug-likeness (QED) is 0.406. The normalized spacial score (nSPS) is 9.29. The van der Waals surface area contributed by atoms with E-state index in [0.717, 1.165) is 12.8 Å². The molecular formula is C6H19ClCuN2O4. The van der Waals surface area contributed by atoms with Gasteiger partial charge in [0.2, 0.25) is 0 Å². The van der Waals surface area contributed by atoms with Gasteiger partial charge in [-0.15, -0.1) is 12.4 Å². The van der Waals surface area contributed by atoms with Crippen molar-refractivity contribution >= 4 is 18.4 Å². The van der Waals surface area contributed by atoms with E-state index < -0.39 is 12.0 Å². The van der Waals surface area contributed by atoms with Crippen molar-refractivity contribution in [3.8, 4) is 0 Å². The molecule has 0 bridgehead atoms. The molecule has 0 aliphatic rings. The van der Waals surface area contributed by atoms with E-state index in [0.29, 0.717) is 13.0 Å². The Morgan fingerprint density at radius 3 is 2.00 bits per heavy atom. The number of carboxylic acid groups (broad SMARTS) is 1. The fourth-order valence-electron chi connectivity index (χ4n) is 0.632. The zero-order valence-electron chi connectivity index (χ0n) is 7.63. The molecule has 0 aliphatic heterocycles. The van der Waals surface area contributed by atoms with Crippen molar-refractivity contribution in [1.82, 2.24) is 0 Å². The van der Waals surface area contributed by atoms with E-state index in [1.54, 1.807) is 0 Å². The van der Waals surface area contributed by atoms with Crippen molar-refractivity contribution in [1.29, 1.82) is 0 Å². The molecule has 1 unspecified atom stereocenters. The maximum absolute atomic E-state index is 10.1. The van der Waals surface area contributed by atoms with Gasteiger partial charge >= 0.3 is 5.97 Å². The number of nitrogens with two attached hydrogens (primary N) is 2. The second-order valence-corrected chi connectivity index (χ2v) is 2.23. The van der Waals surface area contributed by atoms with Crippen molar-refractivity contribution in [3.05, 3.63) is 0 Å². The van der Waals surface area contributed by atoms with Crippen LogP contribution >= 0.6 is 12.4 Å². The van der Waals surface area contributed by atoms with Crippen LogP contribution in [0.25, 0.3) is 0 Å². The molecule has 8 heteroatoms. The minimum absolute atomic E-state index is 0. The van der Waals surface area contributed by atoms with Crippen LogP contribution in [0.2, 0.25) is 0 Å². The second kappa shape index (κ2) is 18.8. The molecule has 1 radical (unpaired) electrons. The average Bonchev–Trinajstić information content (AvgIpc) is 1.88. The topological polar surface area (TPSA) is 152 Å². The van der Waals surface area contributed by atoms with Crippen LogP contribution in [0.15, 0.2) is 0 Å². The summed E-state index contributed by atoms with van der Waals surface area (Å²) in [6, 6.07) is -0.716. The first-order valence-electron chi connectivity index (χ1n) is 3.37. The molecule has 0 aromatic heterocycles. The largest absolute Gasteiger partial charge is 0.480 e. The molecule has 14 heavy (non-hydrogen) atoms. The standard InChI is InChI=1S/C6H14N2O2.ClH.Cu.2H2O/c7-4-2-1-3-5(8)6(9)10;;;;/h5H,1-4,7-8H2,(H,9,10);1H;;2*1H2. The van der Waals surface area contributed by atoms with Gasteiger partial charge in [-0.2, -0.15) is 0 Å². The number of aliphatic carboxylic acids is 1. The van der Waals surface area contributed by atoms with Crippen LogP contribution in [0.3, 0.4) is 0 Å². The number of hydrogen-bond acceptors (Lipinski definition) is 3. The maximum Gasteiger partial charge on any atom is 0.320 e. The molecule has 0 aliphatic carbocycles. The summed E-state index contributed by atoms with van der Waals surface area (Å²) in [5.41, 5.74) is 10.4. The molecule has 9 N–H and O–H groups in total. The maximum atomic E-state index is 10.1. The molecule has 0 rings (SSSR count). The van der Waals surface area contributed by atoms with Gasteiger partial charge in [0.05, 0.1) is 0 Å². The minimum atomic E-state index is -0.933. The Balaban J connectivity index is -0.0000000675. The van der Waals surface area contributed by atoms with Crippen molar-refractivity contribution in [2.45, 2.75) is 25.3 Å². The molecule has 1 atom stereocenters. The van der Waals surface area contributed by atoms with Crippen LogP contribution in [0.5, 0.6) is 0 Å². The monoisotopic (exact) mass is 281 g/mol. The van der Waals surface area contributed by atoms with Gasteiger partial charge in [0.15, 0.2) is 0 Å². The van der Waals surface area contributed by atoms with Crippen molar-refractivity contribution in [3.63, 3.8) is 0 Å². The number of rotatable bonds is 5. The summed E-state index contributed by atoms with van der Waals surface area (Å²) in [4.78, 5) is 10.1. The molecule has 0 aromatic carbocycles. The van der Waals surface area contributed by atoms with Crippen LogP contribution in [0.1, 0.15) is 19.3 Å². The number of hydrogen-bond donors (Lipinski definition) is 3. The summed E-state index contributed by atoms with van der Waals surface area (Å²) in [6.45, 7) is 0.604. The molecule has 0 saturated heterocycles. The van der Waals surface area contributed by atoms with E-state index in [1.807, 2.05) is 0 Å². The van der Waals surface area contributed by atoms with E-state index >= 15 is 0 Å². The van der Waals surface area contributed by atoms with Crippen LogP contribution in [0, 0.1) is 0 Å². The summed E-state index contributed by atoms with van der Waals surface area (Å²) in [7, 11) is 0. The number of carbonyl (C=O) groups is 1. The number of unbranched alkanes of at least 4 members (excludes halogenated alkanes) is 1. The third kappa shape index (κ3) is 18.0. The Morgan fingerprint density at radius 1 is 1.29 bits per heavy atom. The van der Waals surface area contributed by atoms with Crippen molar-refractivity contribution < 1.29 is 37.9 Å². The fraction of sp³-hybridized carbons (Fsp3) is 0.833. The zero-order valence-corrected chi connectivity index (χ0v) is 9.38. The van der Waals surface area contributed by atoms with Crippen LogP contribution in [-0.4, -0.2) is 34.6 Å². The van der Waals surface area contributed by atoms with Crippen molar-refractivity contribution in [2.75, 3.05) is 6.54 Å². The molecule has 0 heterocycles. The number of halogens is 1. The smallest absolute Gasteiger partial charge is 0.320 e. The minimum Gasteiger partial charge on any atom is -0.480 e. The van der Waals surface area contributed by atoms with Gasteiger partial charge in [-0.3, -0.25) is 4.79 Å². The van der Waals surface area contributed by atoms with Crippen LogP contribution in [0.4, 0.5) is 0 Å². The molecular weight excluding hydrogens is 263 g/mol. The molecule has 0 amide bonds. The average molecular weight is 282 g/mol. The van der Waals surface area contributed by atoms with Gasteiger partial charge in [-0.05, 0) is 19.4 Å². The predicted molar refractivity (Wildman–Crippen MR) is 53.0 cm³/mol. The van der Waals surface area contributed by atoms with E-state index in [4.69, 9.17) is 16.6 Å². The first kappa shape index (κ1) is 29.2. The molecule has 95 valence electrons. The molecule has 0 fully saturated rings. The summed E-state index contributed by atoms with van der Waals surface area (Å²) in [6.07, 6.45) is 2.16. The molecule has 6 nitrogen and oxygen atoms in total. The Bertz CT molecular complexity index is 120. The second-order valence-electron chi connectivity index (χ2n) is 2.23. The Morgan fingerprint density at radius 2 is 1.71 bits per heavy atom. The summed E-state index contributed by atoms with van der Waals surface area (Å²) < 4.78 is 0. The van der Waals surface area contributed by atoms with Gasteiger partial charge in [0.25, 0.3) is 0 Å². The third-order valence-corrected chi connectivity index (χ3v) is 1.29. The Kier molecular flexibility index (Phi) is 39.3. The van der Waals surface area contributed by atoms with Crippen LogP contribution in [-0.2, 0) is 21.9 Å². The first-order chi connectivity index (χ1) is 4.68. The predicted octanol–water partition coefficient (Wildman–Crippen LogP) is -1.70. The third-order valence-electron chi connectivity index (χ3n) is 1.29. The van der Waals surface area contributed by atoms with E-state index in [-0.39, 0.29) is 40.4 Å². The molecule has 0 aromatic rings. The SMILES string of the molecule is Cl.NCCCCC(N)C(=O)O.O.O.[Cu]. The van der Waals surface area contributed by atoms with E-state index in [9.17, 15) is 4.79 Å². The summed E-state index contributed by atoms with van der Waals surface area (Å²) >= 11 is 0. The van der Waals surface area contributed by atoms with Gasteiger partial charge in [0, 0.05) is 17.1 Å². The van der Waals surface area contributed by atoms with Crippen molar-refractivity contribution in [2.24, 2.45) is 11.5 Å². The molecule has 0 saturated carbocycles. The van der Waals surface area contributed by atoms with E-state index in [1.165, 1.54) is 0 Å². The van der Waals surface area contributed by atoms with Gasteiger partial charge in [0.1, 0.15) is 6.04 Å². The van der Waals surface area contributed by atoms with Gasteiger partial charge in [-0.1, -0.05) is 6.42 Å². The number of carboxylic acids is 1. The summed E-state index contributed by atoms with van der Waals surface area (Å²) in [5.74, 6) is -0.933. The zero-order chi connectivity index (χ0) is 7.98. The van der Waals surface area contributed by atoms with Crippen LogP contribution < -0.4 is 11.5 Å². The fourth-order valence-corrected chi connectivity index (χ4v) is 0.632. The van der Waals surface area contributed by atoms with Gasteiger partial charge < -0.3 is 27.5 Å². The van der Waals surface area contributed by atoms with E-state index in [2.05, 4.69) is 0 Å². The Hall–Kier alpha value is 0.119. The summed E-state index contributed by atoms with van der Waals surface area (Å²) in [5, 5.41) is 8.33. The molecule has 0 spiro atoms. The first-order valence-corrected chi connectivity index (χ1v) is 3.37.